The molecule has 0 unspecified atom stereocenters. The lowest BCUT2D eigenvalue weighted by atomic mass is 10.0. The fourth-order valence-electron chi connectivity index (χ4n) is 4.14. The standard InChI is InChI=1S/C26H28N2O/c1-20-15-23(17-27-14-8-13-21-9-4-2-5-10-21)16-24-19-28(26(29)25(20)24)18-22-11-6-3-7-12-22/h2-7,9-12,15-16,27H,8,13-14,17-19H2,1H3. The van der Waals surface area contributed by atoms with Crippen LogP contribution in [0.15, 0.2) is 72.8 Å². The summed E-state index contributed by atoms with van der Waals surface area (Å²) in [6.45, 7) is 5.26. The molecule has 0 atom stereocenters. The number of rotatable bonds is 8. The third-order valence-electron chi connectivity index (χ3n) is 5.55. The molecule has 1 heterocycles. The molecule has 0 radical (unpaired) electrons. The van der Waals surface area contributed by atoms with Gasteiger partial charge in [0.15, 0.2) is 0 Å². The Kier molecular flexibility index (Phi) is 6.06. The van der Waals surface area contributed by atoms with Crippen molar-refractivity contribution in [2.75, 3.05) is 6.54 Å². The fourth-order valence-corrected chi connectivity index (χ4v) is 4.14. The van der Waals surface area contributed by atoms with Crippen LogP contribution in [-0.2, 0) is 26.1 Å². The third-order valence-corrected chi connectivity index (χ3v) is 5.55. The van der Waals surface area contributed by atoms with Crippen molar-refractivity contribution < 1.29 is 4.79 Å². The third kappa shape index (κ3) is 4.75. The van der Waals surface area contributed by atoms with Crippen LogP contribution in [0, 0.1) is 6.92 Å². The van der Waals surface area contributed by atoms with Crippen molar-refractivity contribution in [1.29, 1.82) is 0 Å². The van der Waals surface area contributed by atoms with Gasteiger partial charge >= 0.3 is 0 Å². The van der Waals surface area contributed by atoms with Crippen LogP contribution in [0.3, 0.4) is 0 Å². The van der Waals surface area contributed by atoms with Crippen LogP contribution in [-0.4, -0.2) is 17.4 Å². The number of fused-ring (bicyclic) bond motifs is 1. The monoisotopic (exact) mass is 384 g/mol. The van der Waals surface area contributed by atoms with E-state index in [0.29, 0.717) is 13.1 Å². The Hall–Kier alpha value is -2.91. The van der Waals surface area contributed by atoms with Crippen molar-refractivity contribution in [2.24, 2.45) is 0 Å². The topological polar surface area (TPSA) is 32.3 Å². The van der Waals surface area contributed by atoms with Crippen LogP contribution >= 0.6 is 0 Å². The van der Waals surface area contributed by atoms with E-state index < -0.39 is 0 Å². The minimum atomic E-state index is 0.156. The molecule has 1 aliphatic rings. The lowest BCUT2D eigenvalue weighted by Gasteiger charge is -2.15. The first kappa shape index (κ1) is 19.4. The van der Waals surface area contributed by atoms with Gasteiger partial charge in [-0.1, -0.05) is 72.8 Å². The minimum absolute atomic E-state index is 0.156. The van der Waals surface area contributed by atoms with Crippen LogP contribution in [0.4, 0.5) is 0 Å². The zero-order valence-corrected chi connectivity index (χ0v) is 17.0. The Balaban J connectivity index is 1.33. The Morgan fingerprint density at radius 3 is 2.31 bits per heavy atom. The van der Waals surface area contributed by atoms with Crippen LogP contribution in [0.2, 0.25) is 0 Å². The summed E-state index contributed by atoms with van der Waals surface area (Å²) in [5, 5.41) is 3.55. The van der Waals surface area contributed by atoms with E-state index in [9.17, 15) is 4.79 Å². The van der Waals surface area contributed by atoms with Gasteiger partial charge in [0.1, 0.15) is 0 Å². The lowest BCUT2D eigenvalue weighted by molar-refractivity contribution is 0.0766. The number of hydrogen-bond acceptors (Lipinski definition) is 2. The quantitative estimate of drug-likeness (QED) is 0.562. The second-order valence-corrected chi connectivity index (χ2v) is 7.86. The summed E-state index contributed by atoms with van der Waals surface area (Å²) in [6.07, 6.45) is 2.22. The van der Waals surface area contributed by atoms with Crippen molar-refractivity contribution in [3.63, 3.8) is 0 Å². The zero-order valence-electron chi connectivity index (χ0n) is 17.0. The summed E-state index contributed by atoms with van der Waals surface area (Å²) in [6, 6.07) is 25.2. The minimum Gasteiger partial charge on any atom is -0.330 e. The number of aryl methyl sites for hydroxylation is 2. The Labute approximate surface area is 173 Å². The van der Waals surface area contributed by atoms with Gasteiger partial charge in [0.05, 0.1) is 0 Å². The number of benzene rings is 3. The first-order valence-corrected chi connectivity index (χ1v) is 10.4. The number of nitrogens with zero attached hydrogens (tertiary/aromatic N) is 1. The van der Waals surface area contributed by atoms with E-state index in [-0.39, 0.29) is 5.91 Å². The maximum absolute atomic E-state index is 12.9. The molecule has 0 bridgehead atoms. The zero-order chi connectivity index (χ0) is 20.1. The van der Waals surface area contributed by atoms with E-state index in [4.69, 9.17) is 0 Å². The molecule has 0 aliphatic carbocycles. The van der Waals surface area contributed by atoms with E-state index in [1.54, 1.807) is 0 Å². The Morgan fingerprint density at radius 1 is 0.897 bits per heavy atom. The molecule has 148 valence electrons. The van der Waals surface area contributed by atoms with Gasteiger partial charge in [-0.3, -0.25) is 4.79 Å². The van der Waals surface area contributed by atoms with E-state index in [1.807, 2.05) is 23.1 Å². The van der Waals surface area contributed by atoms with Crippen molar-refractivity contribution in [1.82, 2.24) is 10.2 Å². The number of carbonyl (C=O) groups is 1. The summed E-state index contributed by atoms with van der Waals surface area (Å²) in [5.74, 6) is 0.156. The molecule has 0 saturated carbocycles. The van der Waals surface area contributed by atoms with Gasteiger partial charge in [-0.25, -0.2) is 0 Å². The van der Waals surface area contributed by atoms with E-state index in [0.717, 1.165) is 42.6 Å². The van der Waals surface area contributed by atoms with E-state index >= 15 is 0 Å². The van der Waals surface area contributed by atoms with Crippen LogP contribution < -0.4 is 5.32 Å². The number of hydrogen-bond donors (Lipinski definition) is 1. The SMILES string of the molecule is Cc1cc(CNCCCc2ccccc2)cc2c1C(=O)N(Cc1ccccc1)C2. The highest BCUT2D eigenvalue weighted by Gasteiger charge is 2.29. The van der Waals surface area contributed by atoms with E-state index in [2.05, 4.69) is 66.8 Å². The second-order valence-electron chi connectivity index (χ2n) is 7.86. The largest absolute Gasteiger partial charge is 0.330 e. The Bertz CT molecular complexity index is 967. The molecular weight excluding hydrogens is 356 g/mol. The Morgan fingerprint density at radius 2 is 1.59 bits per heavy atom. The predicted octanol–water partition coefficient (Wildman–Crippen LogP) is 4.87. The van der Waals surface area contributed by atoms with Gasteiger partial charge in [0.25, 0.3) is 5.91 Å². The van der Waals surface area contributed by atoms with Crippen molar-refractivity contribution >= 4 is 5.91 Å². The van der Waals surface area contributed by atoms with Crippen molar-refractivity contribution in [3.8, 4) is 0 Å². The molecule has 1 N–H and O–H groups in total. The van der Waals surface area contributed by atoms with Crippen LogP contribution in [0.5, 0.6) is 0 Å². The van der Waals surface area contributed by atoms with Gasteiger partial charge in [-0.15, -0.1) is 0 Å². The normalized spacial score (nSPS) is 13.0. The van der Waals surface area contributed by atoms with Crippen molar-refractivity contribution in [2.45, 2.75) is 39.4 Å². The summed E-state index contributed by atoms with van der Waals surface area (Å²) in [4.78, 5) is 14.8. The highest BCUT2D eigenvalue weighted by molar-refractivity contribution is 5.99. The van der Waals surface area contributed by atoms with Gasteiger partial charge in [-0.2, -0.15) is 0 Å². The maximum Gasteiger partial charge on any atom is 0.255 e. The molecular formula is C26H28N2O. The molecule has 0 spiro atoms. The molecule has 3 aromatic carbocycles. The smallest absolute Gasteiger partial charge is 0.255 e. The highest BCUT2D eigenvalue weighted by atomic mass is 16.2. The number of carbonyl (C=O) groups excluding carboxylic acids is 1. The average molecular weight is 385 g/mol. The van der Waals surface area contributed by atoms with Gasteiger partial charge < -0.3 is 10.2 Å². The average Bonchev–Trinajstić information content (AvgIpc) is 3.05. The fraction of sp³-hybridized carbons (Fsp3) is 0.269. The summed E-state index contributed by atoms with van der Waals surface area (Å²) in [7, 11) is 0. The van der Waals surface area contributed by atoms with E-state index in [1.165, 1.54) is 16.7 Å². The summed E-state index contributed by atoms with van der Waals surface area (Å²) < 4.78 is 0. The van der Waals surface area contributed by atoms with Gasteiger partial charge in [0.2, 0.25) is 0 Å². The molecule has 3 aromatic rings. The van der Waals surface area contributed by atoms with Crippen LogP contribution in [0.1, 0.15) is 44.6 Å². The second kappa shape index (κ2) is 9.06. The van der Waals surface area contributed by atoms with Crippen LogP contribution in [0.25, 0.3) is 0 Å². The molecule has 1 amide bonds. The lowest BCUT2D eigenvalue weighted by Crippen LogP contribution is -2.23. The molecule has 0 saturated heterocycles. The summed E-state index contributed by atoms with van der Waals surface area (Å²) >= 11 is 0. The summed E-state index contributed by atoms with van der Waals surface area (Å²) in [5.41, 5.74) is 6.96. The molecule has 1 aliphatic heterocycles. The van der Waals surface area contributed by atoms with Gasteiger partial charge in [0, 0.05) is 25.2 Å². The molecule has 0 fully saturated rings. The van der Waals surface area contributed by atoms with Crippen molar-refractivity contribution in [3.05, 3.63) is 106 Å². The van der Waals surface area contributed by atoms with Gasteiger partial charge in [-0.05, 0) is 54.1 Å². The highest BCUT2D eigenvalue weighted by Crippen LogP contribution is 2.28. The molecule has 3 heteroatoms. The molecule has 0 aromatic heterocycles. The molecule has 29 heavy (non-hydrogen) atoms. The first-order valence-electron chi connectivity index (χ1n) is 10.4. The molecule has 3 nitrogen and oxygen atoms in total. The maximum atomic E-state index is 12.9. The first-order chi connectivity index (χ1) is 14.2. The molecule has 4 rings (SSSR count). The predicted molar refractivity (Wildman–Crippen MR) is 118 cm³/mol. The number of nitrogens with one attached hydrogen (secondary N) is 1. The number of amides is 1.